The Bertz CT molecular complexity index is 860. The van der Waals surface area contributed by atoms with Crippen molar-refractivity contribution in [3.05, 3.63) is 29.8 Å². The lowest BCUT2D eigenvalue weighted by molar-refractivity contribution is -0.144. The van der Waals surface area contributed by atoms with Crippen molar-refractivity contribution < 1.29 is 37.3 Å². The van der Waals surface area contributed by atoms with Crippen molar-refractivity contribution in [2.24, 2.45) is 5.92 Å². The van der Waals surface area contributed by atoms with Gasteiger partial charge in [-0.05, 0) is 68.9 Å². The summed E-state index contributed by atoms with van der Waals surface area (Å²) in [6, 6.07) is 3.61. The summed E-state index contributed by atoms with van der Waals surface area (Å²) in [5, 5.41) is 0. The zero-order chi connectivity index (χ0) is 22.8. The Balaban J connectivity index is 1.86. The molecule has 0 N–H and O–H groups in total. The molecule has 0 aromatic heterocycles. The minimum Gasteiger partial charge on any atom is -0.489 e. The lowest BCUT2D eigenvalue weighted by Gasteiger charge is -2.27. The Morgan fingerprint density at radius 2 is 1.90 bits per heavy atom. The van der Waals surface area contributed by atoms with Crippen LogP contribution < -0.4 is 9.47 Å². The number of nitrogens with zero attached hydrogens (tertiary/aromatic N) is 1. The van der Waals surface area contributed by atoms with E-state index < -0.39 is 30.3 Å². The molecule has 3 rings (SSSR count). The van der Waals surface area contributed by atoms with E-state index in [0.29, 0.717) is 23.7 Å². The first-order valence-corrected chi connectivity index (χ1v) is 10.1. The maximum absolute atomic E-state index is 12.8. The summed E-state index contributed by atoms with van der Waals surface area (Å²) in [5.41, 5.74) is 0.520. The highest BCUT2D eigenvalue weighted by Crippen LogP contribution is 2.37. The molecule has 0 unspecified atom stereocenters. The number of esters is 1. The molecule has 170 valence electrons. The second-order valence-corrected chi connectivity index (χ2v) is 8.56. The molecule has 0 spiro atoms. The molecular weight excluding hydrogens is 412 g/mol. The highest BCUT2D eigenvalue weighted by Gasteiger charge is 2.38. The van der Waals surface area contributed by atoms with Gasteiger partial charge in [0.1, 0.15) is 5.60 Å². The second kappa shape index (κ2) is 9.11. The normalized spacial score (nSPS) is 18.6. The van der Waals surface area contributed by atoms with Gasteiger partial charge < -0.3 is 18.9 Å². The summed E-state index contributed by atoms with van der Waals surface area (Å²) in [6.07, 6.45) is 3.03. The van der Waals surface area contributed by atoms with E-state index in [2.05, 4.69) is 4.74 Å². The Kier molecular flexibility index (Phi) is 6.71. The topological polar surface area (TPSA) is 74.3 Å². The molecule has 1 amide bonds. The monoisotopic (exact) mass is 439 g/mol. The van der Waals surface area contributed by atoms with E-state index in [1.165, 1.54) is 18.1 Å². The summed E-state index contributed by atoms with van der Waals surface area (Å²) in [6.45, 7) is 2.71. The highest BCUT2D eigenvalue weighted by atomic mass is 19.3. The molecule has 31 heavy (non-hydrogen) atoms. The number of hydrogen-bond acceptors (Lipinski definition) is 6. The smallest absolute Gasteiger partial charge is 0.411 e. The zero-order valence-corrected chi connectivity index (χ0v) is 18.0. The molecule has 1 fully saturated rings. The van der Waals surface area contributed by atoms with Gasteiger partial charge in [0.2, 0.25) is 0 Å². The van der Waals surface area contributed by atoms with Crippen LogP contribution in [0.1, 0.15) is 39.2 Å². The van der Waals surface area contributed by atoms with E-state index in [1.807, 2.05) is 0 Å². The predicted octanol–water partition coefficient (Wildman–Crippen LogP) is 4.25. The third-order valence-corrected chi connectivity index (χ3v) is 4.81. The van der Waals surface area contributed by atoms with Crippen LogP contribution in [0.2, 0.25) is 0 Å². The molecule has 1 heterocycles. The fourth-order valence-corrected chi connectivity index (χ4v) is 3.12. The standard InChI is InChI=1S/C22H27F2NO6/c1-22(2,3)31-21(27)25-11-15(9-16(25)19(26)28-4)14-7-8-17(30-20(23)24)18(10-14)29-12-13-5-6-13/h7-10,13,16,20H,5-6,11-12H2,1-4H3/t16-/m0/s1. The van der Waals surface area contributed by atoms with Gasteiger partial charge in [-0.2, -0.15) is 8.78 Å². The molecule has 1 atom stereocenters. The molecule has 1 saturated carbocycles. The van der Waals surface area contributed by atoms with Crippen molar-refractivity contribution in [1.82, 2.24) is 4.90 Å². The quantitative estimate of drug-likeness (QED) is 0.592. The molecule has 1 aromatic rings. The largest absolute Gasteiger partial charge is 0.489 e. The van der Waals surface area contributed by atoms with Crippen LogP contribution in [0.25, 0.3) is 5.57 Å². The maximum Gasteiger partial charge on any atom is 0.411 e. The minimum atomic E-state index is -2.98. The van der Waals surface area contributed by atoms with Gasteiger partial charge in [-0.3, -0.25) is 4.90 Å². The van der Waals surface area contributed by atoms with Gasteiger partial charge in [0, 0.05) is 0 Å². The van der Waals surface area contributed by atoms with Gasteiger partial charge in [0.15, 0.2) is 17.5 Å². The van der Waals surface area contributed by atoms with Gasteiger partial charge in [-0.1, -0.05) is 6.07 Å². The number of hydrogen-bond donors (Lipinski definition) is 0. The van der Waals surface area contributed by atoms with E-state index >= 15 is 0 Å². The number of ether oxygens (including phenoxy) is 4. The van der Waals surface area contributed by atoms with E-state index in [4.69, 9.17) is 14.2 Å². The fourth-order valence-electron chi connectivity index (χ4n) is 3.12. The number of carbonyl (C=O) groups is 2. The molecule has 0 bridgehead atoms. The Morgan fingerprint density at radius 1 is 1.19 bits per heavy atom. The summed E-state index contributed by atoms with van der Waals surface area (Å²) in [5.74, 6) is -0.0636. The van der Waals surface area contributed by atoms with E-state index in [9.17, 15) is 18.4 Å². The van der Waals surface area contributed by atoms with Gasteiger partial charge >= 0.3 is 18.7 Å². The van der Waals surface area contributed by atoms with Crippen LogP contribution in [0.4, 0.5) is 13.6 Å². The fraction of sp³-hybridized carbons (Fsp3) is 0.545. The molecular formula is C22H27F2NO6. The molecule has 0 radical (unpaired) electrons. The van der Waals surface area contributed by atoms with Crippen molar-refractivity contribution in [2.75, 3.05) is 20.3 Å². The van der Waals surface area contributed by atoms with Crippen LogP contribution in [0.15, 0.2) is 24.3 Å². The van der Waals surface area contributed by atoms with Crippen LogP contribution in [0, 0.1) is 5.92 Å². The Hall–Kier alpha value is -2.84. The predicted molar refractivity (Wildman–Crippen MR) is 108 cm³/mol. The van der Waals surface area contributed by atoms with Gasteiger partial charge in [0.05, 0.1) is 20.3 Å². The number of alkyl halides is 2. The molecule has 7 nitrogen and oxygen atoms in total. The van der Waals surface area contributed by atoms with Crippen LogP contribution in [0.3, 0.4) is 0 Å². The summed E-state index contributed by atoms with van der Waals surface area (Å²) in [4.78, 5) is 26.1. The van der Waals surface area contributed by atoms with Crippen LogP contribution in [-0.4, -0.2) is 55.5 Å². The molecule has 0 saturated heterocycles. The van der Waals surface area contributed by atoms with Crippen molar-refractivity contribution in [3.63, 3.8) is 0 Å². The average molecular weight is 439 g/mol. The highest BCUT2D eigenvalue weighted by molar-refractivity contribution is 5.90. The van der Waals surface area contributed by atoms with Crippen LogP contribution in [-0.2, 0) is 14.3 Å². The van der Waals surface area contributed by atoms with Crippen molar-refractivity contribution in [3.8, 4) is 11.5 Å². The average Bonchev–Trinajstić information content (AvgIpc) is 3.40. The maximum atomic E-state index is 12.8. The number of rotatable bonds is 7. The first-order chi connectivity index (χ1) is 14.6. The first kappa shape index (κ1) is 22.8. The van der Waals surface area contributed by atoms with Crippen molar-refractivity contribution in [2.45, 2.75) is 51.9 Å². The lowest BCUT2D eigenvalue weighted by Crippen LogP contribution is -2.44. The van der Waals surface area contributed by atoms with Gasteiger partial charge in [0.25, 0.3) is 0 Å². The lowest BCUT2D eigenvalue weighted by atomic mass is 10.1. The third-order valence-electron chi connectivity index (χ3n) is 4.81. The molecule has 1 aliphatic heterocycles. The summed E-state index contributed by atoms with van der Waals surface area (Å²) < 4.78 is 46.1. The SMILES string of the molecule is COC(=O)[C@@H]1C=C(c2ccc(OC(F)F)c(OCC3CC3)c2)CN1C(=O)OC(C)(C)C. The molecule has 1 aliphatic carbocycles. The molecule has 2 aliphatic rings. The summed E-state index contributed by atoms with van der Waals surface area (Å²) >= 11 is 0. The van der Waals surface area contributed by atoms with Gasteiger partial charge in [-0.15, -0.1) is 0 Å². The van der Waals surface area contributed by atoms with Crippen molar-refractivity contribution in [1.29, 1.82) is 0 Å². The van der Waals surface area contributed by atoms with Crippen LogP contribution in [0.5, 0.6) is 11.5 Å². The Morgan fingerprint density at radius 3 is 2.48 bits per heavy atom. The van der Waals surface area contributed by atoms with Gasteiger partial charge in [-0.25, -0.2) is 9.59 Å². The van der Waals surface area contributed by atoms with Crippen molar-refractivity contribution >= 4 is 17.6 Å². The number of halogens is 2. The van der Waals surface area contributed by atoms with E-state index in [1.54, 1.807) is 39.0 Å². The molecule has 9 heteroatoms. The second-order valence-electron chi connectivity index (χ2n) is 8.56. The van der Waals surface area contributed by atoms with Crippen LogP contribution >= 0.6 is 0 Å². The Labute approximate surface area is 179 Å². The number of benzene rings is 1. The van der Waals surface area contributed by atoms with E-state index in [0.717, 1.165) is 12.8 Å². The zero-order valence-electron chi connectivity index (χ0n) is 18.0. The minimum absolute atomic E-state index is 0.0634. The first-order valence-electron chi connectivity index (χ1n) is 10.1. The number of methoxy groups -OCH3 is 1. The number of amides is 1. The third kappa shape index (κ3) is 6.08. The number of carbonyl (C=O) groups excluding carboxylic acids is 2. The van der Waals surface area contributed by atoms with E-state index in [-0.39, 0.29) is 18.0 Å². The summed E-state index contributed by atoms with van der Waals surface area (Å²) in [7, 11) is 1.24. The molecule has 1 aromatic carbocycles.